The lowest BCUT2D eigenvalue weighted by Crippen LogP contribution is -2.29. The normalized spacial score (nSPS) is 25.6. The van der Waals surface area contributed by atoms with Crippen LogP contribution in [-0.4, -0.2) is 37.1 Å². The third kappa shape index (κ3) is 2.12. The summed E-state index contributed by atoms with van der Waals surface area (Å²) in [6.07, 6.45) is 0.942. The number of nitrogens with zero attached hydrogens (tertiary/aromatic N) is 1. The minimum atomic E-state index is -3.82. The molecule has 0 radical (unpaired) electrons. The van der Waals surface area contributed by atoms with Crippen molar-refractivity contribution in [1.29, 1.82) is 0 Å². The average Bonchev–Trinajstić information content (AvgIpc) is 3.08. The van der Waals surface area contributed by atoms with Gasteiger partial charge in [0.2, 0.25) is 0 Å². The van der Waals surface area contributed by atoms with Crippen LogP contribution in [-0.2, 0) is 10.0 Å². The number of nitrogens with one attached hydrogen (secondary N) is 1. The molecule has 0 unspecified atom stereocenters. The molecule has 1 N–H and O–H groups in total. The molecule has 0 saturated heterocycles. The molecule has 0 aromatic heterocycles. The van der Waals surface area contributed by atoms with Crippen molar-refractivity contribution < 1.29 is 18.0 Å². The van der Waals surface area contributed by atoms with Gasteiger partial charge in [-0.05, 0) is 37.5 Å². The van der Waals surface area contributed by atoms with Crippen molar-refractivity contribution in [1.82, 2.24) is 9.62 Å². The van der Waals surface area contributed by atoms with Gasteiger partial charge in [0.15, 0.2) is 0 Å². The second-order valence-electron chi connectivity index (χ2n) is 5.48. The van der Waals surface area contributed by atoms with E-state index in [0.29, 0.717) is 5.92 Å². The van der Waals surface area contributed by atoms with E-state index in [1.165, 1.54) is 18.2 Å². The van der Waals surface area contributed by atoms with Crippen LogP contribution in [0, 0.1) is 5.92 Å². The van der Waals surface area contributed by atoms with Crippen molar-refractivity contribution in [2.75, 3.05) is 6.54 Å². The summed E-state index contributed by atoms with van der Waals surface area (Å²) in [6, 6.07) is 4.36. The molecule has 1 aromatic carbocycles. The zero-order chi connectivity index (χ0) is 15.4. The fraction of sp³-hybridized carbons (Fsp3) is 0.429. The molecule has 1 fully saturated rings. The summed E-state index contributed by atoms with van der Waals surface area (Å²) in [4.78, 5) is 24.0. The van der Waals surface area contributed by atoms with E-state index in [-0.39, 0.29) is 34.5 Å². The minimum absolute atomic E-state index is 0.0779. The first-order chi connectivity index (χ1) is 9.86. The number of hydrogen-bond acceptors (Lipinski definition) is 4. The fourth-order valence-corrected chi connectivity index (χ4v) is 4.11. The van der Waals surface area contributed by atoms with E-state index in [2.05, 4.69) is 5.32 Å². The smallest absolute Gasteiger partial charge is 0.268 e. The summed E-state index contributed by atoms with van der Waals surface area (Å²) in [7, 11) is -3.82. The Morgan fingerprint density at radius 1 is 1.43 bits per heavy atom. The number of carbonyl (C=O) groups excluding carboxylic acids is 2. The topological polar surface area (TPSA) is 83.6 Å². The number of benzene rings is 1. The highest BCUT2D eigenvalue weighted by Gasteiger charge is 2.41. The third-order valence-corrected chi connectivity index (χ3v) is 5.88. The highest BCUT2D eigenvalue weighted by Crippen LogP contribution is 2.32. The van der Waals surface area contributed by atoms with Gasteiger partial charge in [-0.1, -0.05) is 6.92 Å². The van der Waals surface area contributed by atoms with E-state index in [0.717, 1.165) is 10.7 Å². The van der Waals surface area contributed by atoms with Gasteiger partial charge in [0.1, 0.15) is 4.90 Å². The zero-order valence-electron chi connectivity index (χ0n) is 11.8. The Labute approximate surface area is 123 Å². The molecule has 112 valence electrons. The number of carbonyl (C=O) groups is 2. The average molecular weight is 308 g/mol. The summed E-state index contributed by atoms with van der Waals surface area (Å²) in [5.41, 5.74) is 0.398. The monoisotopic (exact) mass is 308 g/mol. The Morgan fingerprint density at radius 3 is 2.67 bits per heavy atom. The van der Waals surface area contributed by atoms with E-state index >= 15 is 0 Å². The Bertz CT molecular complexity index is 741. The molecule has 1 aliphatic carbocycles. The highest BCUT2D eigenvalue weighted by molar-refractivity contribution is 7.90. The van der Waals surface area contributed by atoms with Gasteiger partial charge in [-0.3, -0.25) is 9.59 Å². The molecule has 0 spiro atoms. The largest absolute Gasteiger partial charge is 0.349 e. The first-order valence-electron chi connectivity index (χ1n) is 6.88. The maximum absolute atomic E-state index is 12.3. The molecule has 0 bridgehead atoms. The molecule has 2 amide bonds. The van der Waals surface area contributed by atoms with E-state index in [1.807, 2.05) is 6.92 Å². The quantitative estimate of drug-likeness (QED) is 0.902. The Kier molecular flexibility index (Phi) is 3.05. The maximum Gasteiger partial charge on any atom is 0.268 e. The van der Waals surface area contributed by atoms with Crippen LogP contribution in [0.15, 0.2) is 23.1 Å². The lowest BCUT2D eigenvalue weighted by atomic mass is 10.1. The van der Waals surface area contributed by atoms with Gasteiger partial charge >= 0.3 is 0 Å². The van der Waals surface area contributed by atoms with Crippen LogP contribution in [0.25, 0.3) is 0 Å². The van der Waals surface area contributed by atoms with Crippen LogP contribution >= 0.6 is 0 Å². The summed E-state index contributed by atoms with van der Waals surface area (Å²) in [5, 5.41) is 2.84. The lowest BCUT2D eigenvalue weighted by Gasteiger charge is -2.11. The molecular formula is C14H16N2O4S. The Hall–Kier alpha value is -1.89. The maximum atomic E-state index is 12.3. The molecule has 1 heterocycles. The van der Waals surface area contributed by atoms with Crippen LogP contribution < -0.4 is 5.32 Å². The van der Waals surface area contributed by atoms with E-state index in [1.54, 1.807) is 6.92 Å². The standard InChI is InChI=1S/C14H16N2O4S/c1-3-16-14(18)10-5-4-9(7-12(10)21(16,19)20)13(17)15-11-6-8(11)2/h4-5,7-8,11H,3,6H2,1-2H3,(H,15,17)/t8-,11-/m0/s1. The fourth-order valence-electron chi connectivity index (χ4n) is 2.50. The number of hydrogen-bond donors (Lipinski definition) is 1. The van der Waals surface area contributed by atoms with Crippen molar-refractivity contribution in [3.05, 3.63) is 29.3 Å². The van der Waals surface area contributed by atoms with Gasteiger partial charge in [-0.2, -0.15) is 0 Å². The van der Waals surface area contributed by atoms with Crippen LogP contribution in [0.3, 0.4) is 0 Å². The van der Waals surface area contributed by atoms with E-state index in [4.69, 9.17) is 0 Å². The molecule has 1 aromatic rings. The lowest BCUT2D eigenvalue weighted by molar-refractivity contribution is 0.0874. The number of rotatable bonds is 3. The molecular weight excluding hydrogens is 292 g/mol. The molecule has 1 aliphatic heterocycles. The Morgan fingerprint density at radius 2 is 2.10 bits per heavy atom. The van der Waals surface area contributed by atoms with Crippen molar-refractivity contribution in [2.24, 2.45) is 5.92 Å². The van der Waals surface area contributed by atoms with Gasteiger partial charge in [0.05, 0.1) is 5.56 Å². The first-order valence-corrected chi connectivity index (χ1v) is 8.32. The van der Waals surface area contributed by atoms with Crippen LogP contribution in [0.2, 0.25) is 0 Å². The van der Waals surface area contributed by atoms with Crippen molar-refractivity contribution >= 4 is 21.8 Å². The SMILES string of the molecule is CCN1C(=O)c2ccc(C(=O)N[C@H]3C[C@@H]3C)cc2S1(=O)=O. The predicted molar refractivity (Wildman–Crippen MR) is 75.4 cm³/mol. The Balaban J connectivity index is 1.96. The van der Waals surface area contributed by atoms with Crippen LogP contribution in [0.4, 0.5) is 0 Å². The number of sulfonamides is 1. The number of amides is 2. The first kappa shape index (κ1) is 14.1. The third-order valence-electron chi connectivity index (χ3n) is 3.98. The zero-order valence-corrected chi connectivity index (χ0v) is 12.6. The van der Waals surface area contributed by atoms with Gasteiger partial charge in [0.25, 0.3) is 21.8 Å². The van der Waals surface area contributed by atoms with Gasteiger partial charge in [-0.15, -0.1) is 0 Å². The second-order valence-corrected chi connectivity index (χ2v) is 7.31. The second kappa shape index (κ2) is 4.56. The van der Waals surface area contributed by atoms with Crippen molar-refractivity contribution in [2.45, 2.75) is 31.2 Å². The summed E-state index contributed by atoms with van der Waals surface area (Å²) in [6.45, 7) is 3.72. The number of fused-ring (bicyclic) bond motifs is 1. The molecule has 1 saturated carbocycles. The summed E-state index contributed by atoms with van der Waals surface area (Å²) in [5.74, 6) is -0.371. The van der Waals surface area contributed by atoms with Gasteiger partial charge in [0, 0.05) is 18.2 Å². The van der Waals surface area contributed by atoms with Crippen molar-refractivity contribution in [3.63, 3.8) is 0 Å². The highest BCUT2D eigenvalue weighted by atomic mass is 32.2. The molecule has 3 rings (SSSR count). The summed E-state index contributed by atoms with van der Waals surface area (Å²) < 4.78 is 25.3. The van der Waals surface area contributed by atoms with Crippen LogP contribution in [0.1, 0.15) is 41.0 Å². The molecule has 6 nitrogen and oxygen atoms in total. The molecule has 7 heteroatoms. The molecule has 21 heavy (non-hydrogen) atoms. The van der Waals surface area contributed by atoms with Gasteiger partial charge in [-0.25, -0.2) is 12.7 Å². The van der Waals surface area contributed by atoms with E-state index < -0.39 is 15.9 Å². The molecule has 2 atom stereocenters. The molecule has 2 aliphatic rings. The predicted octanol–water partition coefficient (Wildman–Crippen LogP) is 0.989. The van der Waals surface area contributed by atoms with Crippen LogP contribution in [0.5, 0.6) is 0 Å². The van der Waals surface area contributed by atoms with Crippen molar-refractivity contribution in [3.8, 4) is 0 Å². The van der Waals surface area contributed by atoms with E-state index in [9.17, 15) is 18.0 Å². The summed E-state index contributed by atoms with van der Waals surface area (Å²) >= 11 is 0. The van der Waals surface area contributed by atoms with Gasteiger partial charge < -0.3 is 5.32 Å². The minimum Gasteiger partial charge on any atom is -0.349 e.